The van der Waals surface area contributed by atoms with Crippen LogP contribution in [0.5, 0.6) is 0 Å². The summed E-state index contributed by atoms with van der Waals surface area (Å²) in [5.41, 5.74) is 4.32. The van der Waals surface area contributed by atoms with Crippen molar-refractivity contribution in [1.82, 2.24) is 19.6 Å². The van der Waals surface area contributed by atoms with Crippen molar-refractivity contribution in [1.29, 1.82) is 0 Å². The van der Waals surface area contributed by atoms with Gasteiger partial charge in [-0.3, -0.25) is 9.59 Å². The third-order valence-corrected chi connectivity index (χ3v) is 7.09. The molecule has 34 heavy (non-hydrogen) atoms. The van der Waals surface area contributed by atoms with Gasteiger partial charge >= 0.3 is 0 Å². The van der Waals surface area contributed by atoms with E-state index in [2.05, 4.69) is 6.92 Å². The van der Waals surface area contributed by atoms with Crippen LogP contribution in [-0.4, -0.2) is 57.6 Å². The molecule has 2 fully saturated rings. The highest BCUT2D eigenvalue weighted by Gasteiger charge is 2.32. The summed E-state index contributed by atoms with van der Waals surface area (Å²) in [5.74, 6) is 0.302. The van der Waals surface area contributed by atoms with E-state index < -0.39 is 0 Å². The van der Waals surface area contributed by atoms with Crippen LogP contribution in [0.1, 0.15) is 48.0 Å². The number of likely N-dealkylation sites (tertiary alicyclic amines) is 2. The summed E-state index contributed by atoms with van der Waals surface area (Å²) in [7, 11) is 0. The second-order valence-electron chi connectivity index (χ2n) is 9.49. The molecule has 1 aromatic heterocycles. The van der Waals surface area contributed by atoms with E-state index in [1.807, 2.05) is 70.6 Å². The molecule has 2 amide bonds. The minimum atomic E-state index is -0.0129. The molecule has 5 rings (SSSR count). The molecule has 0 atom stereocenters. The molecule has 176 valence electrons. The fourth-order valence-corrected chi connectivity index (χ4v) is 5.04. The lowest BCUT2D eigenvalue weighted by Gasteiger charge is -2.35. The van der Waals surface area contributed by atoms with E-state index in [9.17, 15) is 9.59 Å². The van der Waals surface area contributed by atoms with E-state index >= 15 is 0 Å². The Morgan fingerprint density at radius 1 is 0.824 bits per heavy atom. The number of hydrogen-bond acceptors (Lipinski definition) is 3. The maximum atomic E-state index is 13.6. The van der Waals surface area contributed by atoms with Gasteiger partial charge in [0.2, 0.25) is 5.91 Å². The van der Waals surface area contributed by atoms with Crippen LogP contribution < -0.4 is 0 Å². The molecule has 0 radical (unpaired) electrons. The second kappa shape index (κ2) is 9.84. The van der Waals surface area contributed by atoms with E-state index in [1.54, 1.807) is 4.68 Å². The molecule has 0 aliphatic carbocycles. The van der Waals surface area contributed by atoms with Crippen molar-refractivity contribution in [2.45, 2.75) is 39.0 Å². The monoisotopic (exact) mass is 456 g/mol. The largest absolute Gasteiger partial charge is 0.342 e. The summed E-state index contributed by atoms with van der Waals surface area (Å²) in [6, 6.07) is 18.0. The van der Waals surface area contributed by atoms with Crippen LogP contribution in [0.3, 0.4) is 0 Å². The standard InChI is InChI=1S/C28H32N4O2/c1-21-10-12-24(13-11-21)32-20-25(26(29-32)22-8-4-2-5-9-22)28(34)31-18-14-23(15-19-31)27(33)30-16-6-3-7-17-30/h2,4-5,8-13,20,23H,3,6-7,14-19H2,1H3. The molecule has 2 saturated heterocycles. The Bertz CT molecular complexity index is 1140. The Morgan fingerprint density at radius 2 is 1.50 bits per heavy atom. The first-order valence-electron chi connectivity index (χ1n) is 12.4. The van der Waals surface area contributed by atoms with E-state index in [4.69, 9.17) is 5.10 Å². The van der Waals surface area contributed by atoms with Gasteiger partial charge in [-0.1, -0.05) is 48.0 Å². The lowest BCUT2D eigenvalue weighted by atomic mass is 9.93. The zero-order valence-corrected chi connectivity index (χ0v) is 19.8. The summed E-state index contributed by atoms with van der Waals surface area (Å²) >= 11 is 0. The number of aryl methyl sites for hydroxylation is 1. The Balaban J connectivity index is 1.36. The van der Waals surface area contributed by atoms with Crippen LogP contribution in [0.25, 0.3) is 16.9 Å². The van der Waals surface area contributed by atoms with Crippen molar-refractivity contribution in [3.63, 3.8) is 0 Å². The van der Waals surface area contributed by atoms with Gasteiger partial charge in [-0.15, -0.1) is 0 Å². The summed E-state index contributed by atoms with van der Waals surface area (Å²) in [6.07, 6.45) is 6.74. The molecule has 2 aliphatic heterocycles. The van der Waals surface area contributed by atoms with Gasteiger partial charge in [-0.05, 0) is 51.2 Å². The number of carbonyl (C=O) groups is 2. The molecular formula is C28H32N4O2. The summed E-state index contributed by atoms with van der Waals surface area (Å²) in [5, 5.41) is 4.81. The van der Waals surface area contributed by atoms with Crippen molar-refractivity contribution in [2.75, 3.05) is 26.2 Å². The average molecular weight is 457 g/mol. The molecule has 6 nitrogen and oxygen atoms in total. The third kappa shape index (κ3) is 4.63. The number of piperidine rings is 2. The molecule has 3 aromatic rings. The quantitative estimate of drug-likeness (QED) is 0.571. The highest BCUT2D eigenvalue weighted by Crippen LogP contribution is 2.28. The van der Waals surface area contributed by atoms with E-state index in [0.29, 0.717) is 24.3 Å². The van der Waals surface area contributed by atoms with Crippen LogP contribution in [0.15, 0.2) is 60.8 Å². The van der Waals surface area contributed by atoms with Crippen LogP contribution in [0.2, 0.25) is 0 Å². The number of hydrogen-bond donors (Lipinski definition) is 0. The number of carbonyl (C=O) groups excluding carboxylic acids is 2. The SMILES string of the molecule is Cc1ccc(-n2cc(C(=O)N3CCC(C(=O)N4CCCCC4)CC3)c(-c3ccccc3)n2)cc1. The summed E-state index contributed by atoms with van der Waals surface area (Å²) in [6.45, 7) is 5.03. The molecule has 0 spiro atoms. The van der Waals surface area contributed by atoms with Crippen molar-refractivity contribution in [3.8, 4) is 16.9 Å². The molecule has 0 saturated carbocycles. The first-order chi connectivity index (χ1) is 16.6. The first kappa shape index (κ1) is 22.4. The predicted molar refractivity (Wildman–Crippen MR) is 133 cm³/mol. The first-order valence-corrected chi connectivity index (χ1v) is 12.4. The van der Waals surface area contributed by atoms with Gasteiger partial charge in [0.25, 0.3) is 5.91 Å². The van der Waals surface area contributed by atoms with Gasteiger partial charge in [-0.25, -0.2) is 4.68 Å². The number of nitrogens with zero attached hydrogens (tertiary/aromatic N) is 4. The fourth-order valence-electron chi connectivity index (χ4n) is 5.04. The lowest BCUT2D eigenvalue weighted by molar-refractivity contribution is -0.137. The Morgan fingerprint density at radius 3 is 2.18 bits per heavy atom. The third-order valence-electron chi connectivity index (χ3n) is 7.09. The maximum Gasteiger partial charge on any atom is 0.257 e. The number of rotatable bonds is 4. The van der Waals surface area contributed by atoms with Crippen molar-refractivity contribution < 1.29 is 9.59 Å². The Labute approximate surface area is 201 Å². The van der Waals surface area contributed by atoms with Gasteiger partial charge in [0.15, 0.2) is 0 Å². The topological polar surface area (TPSA) is 58.4 Å². The summed E-state index contributed by atoms with van der Waals surface area (Å²) < 4.78 is 1.79. The Kier molecular flexibility index (Phi) is 6.48. The molecule has 0 unspecified atom stereocenters. The highest BCUT2D eigenvalue weighted by atomic mass is 16.2. The normalized spacial score (nSPS) is 17.1. The fraction of sp³-hybridized carbons (Fsp3) is 0.393. The molecule has 0 bridgehead atoms. The van der Waals surface area contributed by atoms with Crippen molar-refractivity contribution in [3.05, 3.63) is 71.9 Å². The smallest absolute Gasteiger partial charge is 0.257 e. The predicted octanol–water partition coefficient (Wildman–Crippen LogP) is 4.71. The minimum absolute atomic E-state index is 0.0129. The van der Waals surface area contributed by atoms with E-state index in [1.165, 1.54) is 12.0 Å². The number of aromatic nitrogens is 2. The number of benzene rings is 2. The average Bonchev–Trinajstić information content (AvgIpc) is 3.35. The van der Waals surface area contributed by atoms with Crippen LogP contribution in [0, 0.1) is 12.8 Å². The number of amides is 2. The van der Waals surface area contributed by atoms with Gasteiger partial charge in [0.1, 0.15) is 5.69 Å². The van der Waals surface area contributed by atoms with Crippen LogP contribution in [-0.2, 0) is 4.79 Å². The molecule has 2 aromatic carbocycles. The molecule has 0 N–H and O–H groups in total. The van der Waals surface area contributed by atoms with E-state index in [0.717, 1.165) is 50.0 Å². The lowest BCUT2D eigenvalue weighted by Crippen LogP contribution is -2.45. The van der Waals surface area contributed by atoms with Crippen LogP contribution in [0.4, 0.5) is 0 Å². The van der Waals surface area contributed by atoms with E-state index in [-0.39, 0.29) is 17.7 Å². The minimum Gasteiger partial charge on any atom is -0.342 e. The van der Waals surface area contributed by atoms with Crippen LogP contribution >= 0.6 is 0 Å². The maximum absolute atomic E-state index is 13.6. The second-order valence-corrected chi connectivity index (χ2v) is 9.49. The van der Waals surface area contributed by atoms with Crippen molar-refractivity contribution in [2.24, 2.45) is 5.92 Å². The Hall–Kier alpha value is -3.41. The highest BCUT2D eigenvalue weighted by molar-refractivity contribution is 6.00. The van der Waals surface area contributed by atoms with Gasteiger partial charge < -0.3 is 9.80 Å². The molecule has 2 aliphatic rings. The summed E-state index contributed by atoms with van der Waals surface area (Å²) in [4.78, 5) is 30.5. The molecule has 3 heterocycles. The molecule has 6 heteroatoms. The molecular weight excluding hydrogens is 424 g/mol. The zero-order chi connectivity index (χ0) is 23.5. The van der Waals surface area contributed by atoms with Gasteiger partial charge in [-0.2, -0.15) is 5.10 Å². The van der Waals surface area contributed by atoms with Gasteiger partial charge in [0.05, 0.1) is 11.3 Å². The zero-order valence-electron chi connectivity index (χ0n) is 19.8. The van der Waals surface area contributed by atoms with Crippen molar-refractivity contribution >= 4 is 11.8 Å². The van der Waals surface area contributed by atoms with Gasteiger partial charge in [0, 0.05) is 43.9 Å².